The van der Waals surface area contributed by atoms with Crippen LogP contribution in [0.3, 0.4) is 0 Å². The third-order valence-electron chi connectivity index (χ3n) is 3.70. The van der Waals surface area contributed by atoms with Gasteiger partial charge in [-0.3, -0.25) is 0 Å². The summed E-state index contributed by atoms with van der Waals surface area (Å²) < 4.78 is 0. The summed E-state index contributed by atoms with van der Waals surface area (Å²) in [5.41, 5.74) is 1.47. The Kier molecular flexibility index (Phi) is 5.53. The van der Waals surface area contributed by atoms with Crippen molar-refractivity contribution in [3.05, 3.63) is 35.9 Å². The molecule has 1 fully saturated rings. The Balaban J connectivity index is 1.80. The summed E-state index contributed by atoms with van der Waals surface area (Å²) in [4.78, 5) is 2.69. The lowest BCUT2D eigenvalue weighted by atomic mass is 9.91. The quantitative estimate of drug-likeness (QED) is 0.690. The molecule has 0 bridgehead atoms. The second-order valence-electron chi connectivity index (χ2n) is 4.90. The molecule has 0 radical (unpaired) electrons. The molecule has 0 aliphatic heterocycles. The first-order valence-corrected chi connectivity index (χ1v) is 7.86. The first kappa shape index (κ1) is 13.1. The van der Waals surface area contributed by atoms with Crippen molar-refractivity contribution in [2.24, 2.45) is 0 Å². The molecule has 2 heteroatoms. The summed E-state index contributed by atoms with van der Waals surface area (Å²) >= 11 is 3.54. The Morgan fingerprint density at radius 3 is 2.47 bits per heavy atom. The lowest BCUT2D eigenvalue weighted by Crippen LogP contribution is -2.42. The smallest absolute Gasteiger partial charge is 0.00954 e. The van der Waals surface area contributed by atoms with Crippen LogP contribution in [0.1, 0.15) is 31.2 Å². The van der Waals surface area contributed by atoms with Gasteiger partial charge in [0.15, 0.2) is 0 Å². The van der Waals surface area contributed by atoms with Gasteiger partial charge in [-0.15, -0.1) is 0 Å². The van der Waals surface area contributed by atoms with E-state index < -0.39 is 0 Å². The Morgan fingerprint density at radius 1 is 1.12 bits per heavy atom. The van der Waals surface area contributed by atoms with E-state index in [1.165, 1.54) is 50.8 Å². The molecule has 0 N–H and O–H groups in total. The molecule has 94 valence electrons. The highest BCUT2D eigenvalue weighted by molar-refractivity contribution is 9.09. The number of hydrogen-bond acceptors (Lipinski definition) is 1. The van der Waals surface area contributed by atoms with Crippen LogP contribution in [0.25, 0.3) is 0 Å². The van der Waals surface area contributed by atoms with Gasteiger partial charge < -0.3 is 4.90 Å². The molecular formula is C15H22BrN. The summed E-state index contributed by atoms with van der Waals surface area (Å²) in [6, 6.07) is 11.7. The zero-order chi connectivity index (χ0) is 11.9. The monoisotopic (exact) mass is 295 g/mol. The molecule has 1 aromatic rings. The average molecular weight is 296 g/mol. The number of benzene rings is 1. The van der Waals surface area contributed by atoms with Gasteiger partial charge in [-0.05, 0) is 37.8 Å². The second kappa shape index (κ2) is 7.17. The van der Waals surface area contributed by atoms with Gasteiger partial charge in [0.25, 0.3) is 0 Å². The fraction of sp³-hybridized carbons (Fsp3) is 0.600. The molecule has 0 unspecified atom stereocenters. The van der Waals surface area contributed by atoms with Crippen molar-refractivity contribution in [1.29, 1.82) is 0 Å². The molecule has 1 aromatic carbocycles. The van der Waals surface area contributed by atoms with Crippen LogP contribution in [0.5, 0.6) is 0 Å². The van der Waals surface area contributed by atoms with Gasteiger partial charge in [0.05, 0.1) is 0 Å². The molecular weight excluding hydrogens is 274 g/mol. The molecule has 1 saturated carbocycles. The van der Waals surface area contributed by atoms with Crippen molar-refractivity contribution < 1.29 is 0 Å². The summed E-state index contributed by atoms with van der Waals surface area (Å²) in [7, 11) is 0. The molecule has 1 aliphatic carbocycles. The second-order valence-corrected chi connectivity index (χ2v) is 5.69. The van der Waals surface area contributed by atoms with E-state index in [0.717, 1.165) is 11.4 Å². The minimum atomic E-state index is 0.873. The van der Waals surface area contributed by atoms with Crippen LogP contribution < -0.4 is 0 Å². The fourth-order valence-corrected chi connectivity index (χ4v) is 2.66. The maximum absolute atomic E-state index is 3.54. The van der Waals surface area contributed by atoms with Crippen LogP contribution in [0.15, 0.2) is 30.3 Å². The van der Waals surface area contributed by atoms with E-state index in [0.29, 0.717) is 0 Å². The first-order valence-electron chi connectivity index (χ1n) is 6.74. The summed E-state index contributed by atoms with van der Waals surface area (Å²) in [6.45, 7) is 2.48. The van der Waals surface area contributed by atoms with E-state index in [4.69, 9.17) is 0 Å². The van der Waals surface area contributed by atoms with Crippen LogP contribution in [-0.2, 0) is 6.42 Å². The molecule has 0 atom stereocenters. The SMILES string of the molecule is BrCCCN(CCc1ccccc1)C1CCC1. The molecule has 0 aromatic heterocycles. The van der Waals surface area contributed by atoms with Crippen molar-refractivity contribution in [2.75, 3.05) is 18.4 Å². The molecule has 17 heavy (non-hydrogen) atoms. The van der Waals surface area contributed by atoms with Gasteiger partial charge in [0.2, 0.25) is 0 Å². The minimum absolute atomic E-state index is 0.873. The van der Waals surface area contributed by atoms with Gasteiger partial charge in [-0.2, -0.15) is 0 Å². The van der Waals surface area contributed by atoms with E-state index in [9.17, 15) is 0 Å². The van der Waals surface area contributed by atoms with Gasteiger partial charge in [-0.1, -0.05) is 52.7 Å². The van der Waals surface area contributed by atoms with E-state index >= 15 is 0 Å². The zero-order valence-corrected chi connectivity index (χ0v) is 12.0. The highest BCUT2D eigenvalue weighted by Crippen LogP contribution is 2.25. The Labute approximate surface area is 113 Å². The Morgan fingerprint density at radius 2 is 1.88 bits per heavy atom. The zero-order valence-electron chi connectivity index (χ0n) is 10.4. The predicted octanol–water partition coefficient (Wildman–Crippen LogP) is 3.87. The molecule has 0 amide bonds. The van der Waals surface area contributed by atoms with E-state index in [1.54, 1.807) is 0 Å². The molecule has 0 spiro atoms. The number of halogens is 1. The topological polar surface area (TPSA) is 3.24 Å². The largest absolute Gasteiger partial charge is 0.300 e. The van der Waals surface area contributed by atoms with Gasteiger partial charge in [0, 0.05) is 17.9 Å². The normalized spacial score (nSPS) is 16.1. The summed E-state index contributed by atoms with van der Waals surface area (Å²) in [5.74, 6) is 0. The maximum atomic E-state index is 3.54. The number of hydrogen-bond donors (Lipinski definition) is 0. The van der Waals surface area contributed by atoms with Gasteiger partial charge in [0.1, 0.15) is 0 Å². The van der Waals surface area contributed by atoms with Crippen molar-refractivity contribution in [3.63, 3.8) is 0 Å². The highest BCUT2D eigenvalue weighted by Gasteiger charge is 2.23. The molecule has 1 aliphatic rings. The van der Waals surface area contributed by atoms with Crippen molar-refractivity contribution in [2.45, 2.75) is 38.1 Å². The van der Waals surface area contributed by atoms with E-state index in [1.807, 2.05) is 0 Å². The Hall–Kier alpha value is -0.340. The van der Waals surface area contributed by atoms with Crippen LogP contribution in [-0.4, -0.2) is 29.4 Å². The third-order valence-corrected chi connectivity index (χ3v) is 4.26. The van der Waals surface area contributed by atoms with Crippen LogP contribution >= 0.6 is 15.9 Å². The standard InChI is InChI=1S/C15H22BrN/c16-11-5-12-17(15-8-4-9-15)13-10-14-6-2-1-3-7-14/h1-3,6-7,15H,4-5,8-13H2. The number of nitrogens with zero attached hydrogens (tertiary/aromatic N) is 1. The van der Waals surface area contributed by atoms with Crippen molar-refractivity contribution in [3.8, 4) is 0 Å². The van der Waals surface area contributed by atoms with Gasteiger partial charge >= 0.3 is 0 Å². The molecule has 1 nitrogen and oxygen atoms in total. The average Bonchev–Trinajstić information content (AvgIpc) is 2.31. The summed E-state index contributed by atoms with van der Waals surface area (Å²) in [5, 5.41) is 1.13. The van der Waals surface area contributed by atoms with Crippen LogP contribution in [0.2, 0.25) is 0 Å². The van der Waals surface area contributed by atoms with Gasteiger partial charge in [-0.25, -0.2) is 0 Å². The highest BCUT2D eigenvalue weighted by atomic mass is 79.9. The molecule has 0 heterocycles. The van der Waals surface area contributed by atoms with Crippen molar-refractivity contribution in [1.82, 2.24) is 4.90 Å². The number of alkyl halides is 1. The fourth-order valence-electron chi connectivity index (χ4n) is 2.41. The minimum Gasteiger partial charge on any atom is -0.300 e. The van der Waals surface area contributed by atoms with Crippen molar-refractivity contribution >= 4 is 15.9 Å². The third kappa shape index (κ3) is 4.11. The van der Waals surface area contributed by atoms with Crippen LogP contribution in [0, 0.1) is 0 Å². The predicted molar refractivity (Wildman–Crippen MR) is 77.8 cm³/mol. The van der Waals surface area contributed by atoms with E-state index in [-0.39, 0.29) is 0 Å². The van der Waals surface area contributed by atoms with E-state index in [2.05, 4.69) is 51.2 Å². The Bertz CT molecular complexity index is 308. The molecule has 2 rings (SSSR count). The lowest BCUT2D eigenvalue weighted by molar-refractivity contribution is 0.129. The maximum Gasteiger partial charge on any atom is 0.00954 e. The first-order chi connectivity index (χ1) is 8.40. The number of rotatable bonds is 7. The van der Waals surface area contributed by atoms with Crippen LogP contribution in [0.4, 0.5) is 0 Å². The summed E-state index contributed by atoms with van der Waals surface area (Å²) in [6.07, 6.45) is 6.72. The lowest BCUT2D eigenvalue weighted by Gasteiger charge is -2.37. The molecule has 0 saturated heterocycles.